The Bertz CT molecular complexity index is 333. The Morgan fingerprint density at radius 1 is 1.07 bits per heavy atom. The Morgan fingerprint density at radius 3 is 2.20 bits per heavy atom. The van der Waals surface area contributed by atoms with E-state index in [0.29, 0.717) is 13.1 Å². The normalized spacial score (nSPS) is 16.6. The topological polar surface area (TPSA) is 35.9 Å². The average molecular weight is 226 g/mol. The zero-order valence-corrected chi connectivity index (χ0v) is 9.02. The molecule has 1 heterocycles. The van der Waals surface area contributed by atoms with E-state index in [0.717, 1.165) is 23.8 Å². The molecule has 1 aromatic rings. The summed E-state index contributed by atoms with van der Waals surface area (Å²) >= 11 is 5.81. The van der Waals surface area contributed by atoms with Crippen LogP contribution in [0.4, 0.5) is 5.69 Å². The Hall–Kier alpha value is -1.29. The van der Waals surface area contributed by atoms with E-state index in [4.69, 9.17) is 11.6 Å². The predicted octanol–water partition coefficient (Wildman–Crippen LogP) is 2.14. The van der Waals surface area contributed by atoms with Crippen LogP contribution in [0.2, 0.25) is 5.02 Å². The summed E-state index contributed by atoms with van der Waals surface area (Å²) in [5.41, 5.74) is 1.14. The summed E-state index contributed by atoms with van der Waals surface area (Å²) < 4.78 is 0. The summed E-state index contributed by atoms with van der Waals surface area (Å²) in [7, 11) is 0. The molecule has 80 valence electrons. The number of anilines is 1. The van der Waals surface area contributed by atoms with Crippen molar-refractivity contribution >= 4 is 17.3 Å². The third-order valence-corrected chi connectivity index (χ3v) is 2.82. The lowest BCUT2D eigenvalue weighted by atomic mass is 10.2. The van der Waals surface area contributed by atoms with Crippen LogP contribution < -0.4 is 4.90 Å². The fourth-order valence-corrected chi connectivity index (χ4v) is 1.81. The molecule has 4 nitrogen and oxygen atoms in total. The molecular weight excluding hydrogens is 214 g/mol. The van der Waals surface area contributed by atoms with Gasteiger partial charge in [0.15, 0.2) is 0 Å². The molecule has 1 aliphatic heterocycles. The van der Waals surface area contributed by atoms with Crippen molar-refractivity contribution in [3.8, 4) is 0 Å². The van der Waals surface area contributed by atoms with Crippen molar-refractivity contribution < 1.29 is 0 Å². The lowest BCUT2D eigenvalue weighted by Gasteiger charge is -2.32. The van der Waals surface area contributed by atoms with Gasteiger partial charge in [-0.2, -0.15) is 0 Å². The van der Waals surface area contributed by atoms with Crippen molar-refractivity contribution in [2.24, 2.45) is 5.29 Å². The maximum Gasteiger partial charge on any atom is 0.0568 e. The summed E-state index contributed by atoms with van der Waals surface area (Å²) in [6.45, 7) is 3.03. The van der Waals surface area contributed by atoms with Crippen LogP contribution in [0.3, 0.4) is 0 Å². The minimum absolute atomic E-state index is 0.687. The quantitative estimate of drug-likeness (QED) is 0.724. The fraction of sp³-hybridized carbons (Fsp3) is 0.400. The number of halogens is 1. The van der Waals surface area contributed by atoms with Crippen LogP contribution in [0, 0.1) is 4.91 Å². The zero-order chi connectivity index (χ0) is 10.7. The Morgan fingerprint density at radius 2 is 1.67 bits per heavy atom. The van der Waals surface area contributed by atoms with Gasteiger partial charge in [0.05, 0.1) is 18.4 Å². The maximum absolute atomic E-state index is 10.3. The third kappa shape index (κ3) is 2.39. The van der Waals surface area contributed by atoms with Gasteiger partial charge in [0.2, 0.25) is 0 Å². The smallest absolute Gasteiger partial charge is 0.0568 e. The van der Waals surface area contributed by atoms with Crippen molar-refractivity contribution in [2.45, 2.75) is 0 Å². The molecule has 0 N–H and O–H groups in total. The summed E-state index contributed by atoms with van der Waals surface area (Å²) in [5.74, 6) is 0. The highest BCUT2D eigenvalue weighted by Gasteiger charge is 2.16. The minimum atomic E-state index is 0.687. The first kappa shape index (κ1) is 10.2. The number of hydrogen-bond acceptors (Lipinski definition) is 3. The Kier molecular flexibility index (Phi) is 3.06. The molecule has 0 aliphatic carbocycles. The number of nitrogens with zero attached hydrogens (tertiary/aromatic N) is 3. The molecule has 0 bridgehead atoms. The van der Waals surface area contributed by atoms with Crippen LogP contribution in [0.1, 0.15) is 0 Å². The molecule has 0 saturated carbocycles. The lowest BCUT2D eigenvalue weighted by Crippen LogP contribution is -2.43. The van der Waals surface area contributed by atoms with Gasteiger partial charge in [-0.25, -0.2) is 0 Å². The van der Waals surface area contributed by atoms with Crippen LogP contribution >= 0.6 is 11.6 Å². The van der Waals surface area contributed by atoms with Gasteiger partial charge in [-0.05, 0) is 24.3 Å². The minimum Gasteiger partial charge on any atom is -0.368 e. The molecule has 1 aromatic carbocycles. The van der Waals surface area contributed by atoms with Gasteiger partial charge in [0.25, 0.3) is 0 Å². The molecule has 5 heteroatoms. The molecule has 1 fully saturated rings. The molecule has 0 spiro atoms. The average Bonchev–Trinajstić information content (AvgIpc) is 2.30. The lowest BCUT2D eigenvalue weighted by molar-refractivity contribution is 0.267. The molecule has 2 rings (SSSR count). The van der Waals surface area contributed by atoms with Gasteiger partial charge >= 0.3 is 0 Å². The number of piperazine rings is 1. The molecule has 0 unspecified atom stereocenters. The van der Waals surface area contributed by atoms with Crippen LogP contribution in [-0.2, 0) is 0 Å². The van der Waals surface area contributed by atoms with Crippen molar-refractivity contribution in [3.63, 3.8) is 0 Å². The van der Waals surface area contributed by atoms with Gasteiger partial charge in [0.1, 0.15) is 0 Å². The molecule has 15 heavy (non-hydrogen) atoms. The summed E-state index contributed by atoms with van der Waals surface area (Å²) in [6, 6.07) is 7.74. The van der Waals surface area contributed by atoms with E-state index in [9.17, 15) is 4.91 Å². The van der Waals surface area contributed by atoms with Gasteiger partial charge in [-0.3, -0.25) is 5.01 Å². The fourth-order valence-electron chi connectivity index (χ4n) is 1.69. The van der Waals surface area contributed by atoms with Crippen molar-refractivity contribution in [1.29, 1.82) is 0 Å². The van der Waals surface area contributed by atoms with Crippen LogP contribution in [0.15, 0.2) is 29.6 Å². The SMILES string of the molecule is O=NN1CCN(c2ccc(Cl)cc2)CC1. The van der Waals surface area contributed by atoms with Gasteiger partial charge in [0, 0.05) is 23.8 Å². The summed E-state index contributed by atoms with van der Waals surface area (Å²) in [4.78, 5) is 12.5. The van der Waals surface area contributed by atoms with Gasteiger partial charge < -0.3 is 4.90 Å². The number of hydrogen-bond donors (Lipinski definition) is 0. The van der Waals surface area contributed by atoms with Crippen LogP contribution in [0.5, 0.6) is 0 Å². The standard InChI is InChI=1S/C10H12ClN3O/c11-9-1-3-10(4-2-9)13-5-7-14(12-15)8-6-13/h1-4H,5-8H2. The summed E-state index contributed by atoms with van der Waals surface area (Å²) in [6.07, 6.45) is 0. The monoisotopic (exact) mass is 225 g/mol. The molecule has 0 amide bonds. The number of benzene rings is 1. The van der Waals surface area contributed by atoms with E-state index in [1.807, 2.05) is 24.3 Å². The zero-order valence-electron chi connectivity index (χ0n) is 8.27. The van der Waals surface area contributed by atoms with Crippen molar-refractivity contribution in [3.05, 3.63) is 34.2 Å². The molecule has 1 saturated heterocycles. The highest BCUT2D eigenvalue weighted by Crippen LogP contribution is 2.19. The van der Waals surface area contributed by atoms with Crippen molar-refractivity contribution in [1.82, 2.24) is 5.01 Å². The molecule has 0 radical (unpaired) electrons. The van der Waals surface area contributed by atoms with Crippen molar-refractivity contribution in [2.75, 3.05) is 31.1 Å². The van der Waals surface area contributed by atoms with Crippen LogP contribution in [-0.4, -0.2) is 31.2 Å². The summed E-state index contributed by atoms with van der Waals surface area (Å²) in [5, 5.41) is 5.22. The molecule has 0 atom stereocenters. The highest BCUT2D eigenvalue weighted by molar-refractivity contribution is 6.30. The molecule has 0 aromatic heterocycles. The first-order valence-electron chi connectivity index (χ1n) is 4.88. The van der Waals surface area contributed by atoms with E-state index in [2.05, 4.69) is 10.2 Å². The van der Waals surface area contributed by atoms with E-state index < -0.39 is 0 Å². The van der Waals surface area contributed by atoms with E-state index >= 15 is 0 Å². The second-order valence-electron chi connectivity index (χ2n) is 3.50. The Labute approximate surface area is 93.4 Å². The van der Waals surface area contributed by atoms with Gasteiger partial charge in [-0.15, -0.1) is 4.91 Å². The second kappa shape index (κ2) is 4.49. The highest BCUT2D eigenvalue weighted by atomic mass is 35.5. The van der Waals surface area contributed by atoms with Gasteiger partial charge in [-0.1, -0.05) is 11.6 Å². The first-order valence-corrected chi connectivity index (χ1v) is 5.26. The molecule has 1 aliphatic rings. The predicted molar refractivity (Wildman–Crippen MR) is 61.0 cm³/mol. The first-order chi connectivity index (χ1) is 7.29. The largest absolute Gasteiger partial charge is 0.368 e. The third-order valence-electron chi connectivity index (χ3n) is 2.56. The second-order valence-corrected chi connectivity index (χ2v) is 3.94. The van der Waals surface area contributed by atoms with E-state index in [1.54, 1.807) is 5.01 Å². The number of rotatable bonds is 2. The van der Waals surface area contributed by atoms with Crippen LogP contribution in [0.25, 0.3) is 0 Å². The van der Waals surface area contributed by atoms with E-state index in [1.165, 1.54) is 0 Å². The van der Waals surface area contributed by atoms with E-state index in [-0.39, 0.29) is 0 Å². The Balaban J connectivity index is 2.01. The molecular formula is C10H12ClN3O. The number of nitroso groups, excluding NO2 is 1. The maximum atomic E-state index is 10.3.